The maximum Gasteiger partial charge on any atom is 0.292 e. The summed E-state index contributed by atoms with van der Waals surface area (Å²) in [4.78, 5) is 22.1. The molecule has 1 saturated carbocycles. The molecule has 0 bridgehead atoms. The topological polar surface area (TPSA) is 110 Å². The lowest BCUT2D eigenvalue weighted by Gasteiger charge is -2.38. The number of nitro groups is 1. The van der Waals surface area contributed by atoms with Gasteiger partial charge in [0, 0.05) is 30.8 Å². The second-order valence-corrected chi connectivity index (χ2v) is 5.14. The molecule has 0 heterocycles. The van der Waals surface area contributed by atoms with E-state index in [1.54, 1.807) is 0 Å². The van der Waals surface area contributed by atoms with Gasteiger partial charge in [-0.15, -0.1) is 0 Å². The van der Waals surface area contributed by atoms with Crippen molar-refractivity contribution >= 4 is 17.3 Å². The first kappa shape index (κ1) is 14.3. The van der Waals surface area contributed by atoms with E-state index in [0.717, 1.165) is 19.3 Å². The van der Waals surface area contributed by atoms with E-state index in [1.165, 1.54) is 25.2 Å². The van der Waals surface area contributed by atoms with Crippen molar-refractivity contribution in [2.75, 3.05) is 18.9 Å². The Kier molecular flexibility index (Phi) is 3.89. The maximum absolute atomic E-state index is 11.6. The van der Waals surface area contributed by atoms with Crippen LogP contribution < -0.4 is 16.4 Å². The normalized spacial score (nSPS) is 16.1. The van der Waals surface area contributed by atoms with Crippen molar-refractivity contribution < 1.29 is 9.72 Å². The minimum Gasteiger partial charge on any atom is -0.378 e. The molecule has 0 saturated heterocycles. The SMILES string of the molecule is CNC(=O)c1ccc([N+](=O)[O-])c(NCC2(N)CCC2)c1. The Bertz CT molecular complexity index is 540. The summed E-state index contributed by atoms with van der Waals surface area (Å²) in [5.74, 6) is -0.283. The molecule has 108 valence electrons. The summed E-state index contributed by atoms with van der Waals surface area (Å²) in [5, 5.41) is 16.5. The van der Waals surface area contributed by atoms with Crippen LogP contribution in [0, 0.1) is 10.1 Å². The average Bonchev–Trinajstić information content (AvgIpc) is 2.41. The van der Waals surface area contributed by atoms with Crippen LogP contribution in [-0.2, 0) is 0 Å². The van der Waals surface area contributed by atoms with E-state index in [4.69, 9.17) is 5.73 Å². The highest BCUT2D eigenvalue weighted by Gasteiger charge is 2.32. The molecule has 0 aliphatic heterocycles. The van der Waals surface area contributed by atoms with Crippen LogP contribution in [0.4, 0.5) is 11.4 Å². The number of benzene rings is 1. The third-order valence-electron chi connectivity index (χ3n) is 3.66. The molecule has 1 aromatic rings. The van der Waals surface area contributed by atoms with Crippen LogP contribution >= 0.6 is 0 Å². The number of nitrogens with two attached hydrogens (primary N) is 1. The zero-order valence-electron chi connectivity index (χ0n) is 11.3. The number of carbonyl (C=O) groups is 1. The van der Waals surface area contributed by atoms with Crippen LogP contribution in [0.3, 0.4) is 0 Å². The summed E-state index contributed by atoms with van der Waals surface area (Å²) in [6.45, 7) is 0.463. The number of anilines is 1. The highest BCUT2D eigenvalue weighted by molar-refractivity contribution is 5.95. The number of hydrogen-bond acceptors (Lipinski definition) is 5. The fourth-order valence-corrected chi connectivity index (χ4v) is 2.20. The molecule has 0 unspecified atom stereocenters. The van der Waals surface area contributed by atoms with E-state index in [9.17, 15) is 14.9 Å². The quantitative estimate of drug-likeness (QED) is 0.554. The van der Waals surface area contributed by atoms with Crippen molar-refractivity contribution in [3.8, 4) is 0 Å². The molecule has 0 radical (unpaired) electrons. The first-order valence-corrected chi connectivity index (χ1v) is 6.48. The van der Waals surface area contributed by atoms with Gasteiger partial charge in [0.1, 0.15) is 5.69 Å². The smallest absolute Gasteiger partial charge is 0.292 e. The maximum atomic E-state index is 11.6. The van der Waals surface area contributed by atoms with Gasteiger partial charge in [-0.1, -0.05) is 0 Å². The standard InChI is InChI=1S/C13H18N4O3/c1-15-12(18)9-3-4-11(17(19)20)10(7-9)16-8-13(14)5-2-6-13/h3-4,7,16H,2,5-6,8,14H2,1H3,(H,15,18). The van der Waals surface area contributed by atoms with E-state index in [0.29, 0.717) is 17.8 Å². The molecule has 0 spiro atoms. The van der Waals surface area contributed by atoms with Crippen LogP contribution in [0.25, 0.3) is 0 Å². The van der Waals surface area contributed by atoms with Gasteiger partial charge >= 0.3 is 0 Å². The van der Waals surface area contributed by atoms with Crippen LogP contribution in [0.1, 0.15) is 29.6 Å². The molecule has 0 aromatic heterocycles. The highest BCUT2D eigenvalue weighted by atomic mass is 16.6. The lowest BCUT2D eigenvalue weighted by molar-refractivity contribution is -0.384. The fraction of sp³-hybridized carbons (Fsp3) is 0.462. The zero-order valence-corrected chi connectivity index (χ0v) is 11.3. The number of rotatable bonds is 5. The van der Waals surface area contributed by atoms with Gasteiger partial charge in [-0.2, -0.15) is 0 Å². The Labute approximate surface area is 116 Å². The molecule has 2 rings (SSSR count). The monoisotopic (exact) mass is 278 g/mol. The van der Waals surface area contributed by atoms with Crippen molar-refractivity contribution in [3.05, 3.63) is 33.9 Å². The number of nitrogens with one attached hydrogen (secondary N) is 2. The molecule has 1 fully saturated rings. The van der Waals surface area contributed by atoms with Crippen LogP contribution in [0.5, 0.6) is 0 Å². The van der Waals surface area contributed by atoms with Crippen molar-refractivity contribution in [1.82, 2.24) is 5.32 Å². The Morgan fingerprint density at radius 2 is 2.20 bits per heavy atom. The van der Waals surface area contributed by atoms with Crippen LogP contribution in [0.2, 0.25) is 0 Å². The second-order valence-electron chi connectivity index (χ2n) is 5.14. The van der Waals surface area contributed by atoms with Crippen molar-refractivity contribution in [3.63, 3.8) is 0 Å². The predicted octanol–water partition coefficient (Wildman–Crippen LogP) is 1.25. The largest absolute Gasteiger partial charge is 0.378 e. The van der Waals surface area contributed by atoms with Gasteiger partial charge in [0.15, 0.2) is 0 Å². The van der Waals surface area contributed by atoms with Gasteiger partial charge in [-0.25, -0.2) is 0 Å². The first-order chi connectivity index (χ1) is 9.45. The molecule has 20 heavy (non-hydrogen) atoms. The van der Waals surface area contributed by atoms with E-state index < -0.39 is 4.92 Å². The molecule has 7 heteroatoms. The van der Waals surface area contributed by atoms with Gasteiger partial charge in [0.2, 0.25) is 0 Å². The average molecular weight is 278 g/mol. The molecule has 1 aliphatic rings. The van der Waals surface area contributed by atoms with E-state index in [2.05, 4.69) is 10.6 Å². The van der Waals surface area contributed by atoms with Crippen molar-refractivity contribution in [2.24, 2.45) is 5.73 Å². The lowest BCUT2D eigenvalue weighted by Crippen LogP contribution is -2.52. The third kappa shape index (κ3) is 2.88. The third-order valence-corrected chi connectivity index (χ3v) is 3.66. The van der Waals surface area contributed by atoms with Crippen LogP contribution in [0.15, 0.2) is 18.2 Å². The van der Waals surface area contributed by atoms with Gasteiger partial charge in [-0.3, -0.25) is 14.9 Å². The molecule has 0 atom stereocenters. The molecule has 7 nitrogen and oxygen atoms in total. The van der Waals surface area contributed by atoms with Crippen molar-refractivity contribution in [2.45, 2.75) is 24.8 Å². The van der Waals surface area contributed by atoms with Gasteiger partial charge in [0.25, 0.3) is 11.6 Å². The molecular weight excluding hydrogens is 260 g/mol. The zero-order chi connectivity index (χ0) is 14.8. The summed E-state index contributed by atoms with van der Waals surface area (Å²) >= 11 is 0. The number of amides is 1. The Morgan fingerprint density at radius 3 is 2.70 bits per heavy atom. The predicted molar refractivity (Wildman–Crippen MR) is 75.7 cm³/mol. The lowest BCUT2D eigenvalue weighted by atomic mass is 9.78. The molecule has 1 amide bonds. The summed E-state index contributed by atoms with van der Waals surface area (Å²) in [5.41, 5.74) is 6.44. The number of carbonyl (C=O) groups excluding carboxylic acids is 1. The highest BCUT2D eigenvalue weighted by Crippen LogP contribution is 2.31. The minimum absolute atomic E-state index is 0.0550. The summed E-state index contributed by atoms with van der Waals surface area (Å²) in [7, 11) is 1.51. The summed E-state index contributed by atoms with van der Waals surface area (Å²) < 4.78 is 0. The fourth-order valence-electron chi connectivity index (χ4n) is 2.20. The van der Waals surface area contributed by atoms with Gasteiger partial charge < -0.3 is 16.4 Å². The summed E-state index contributed by atoms with van der Waals surface area (Å²) in [6.07, 6.45) is 2.89. The van der Waals surface area contributed by atoms with E-state index in [-0.39, 0.29) is 17.1 Å². The van der Waals surface area contributed by atoms with Crippen molar-refractivity contribution in [1.29, 1.82) is 0 Å². The Hall–Kier alpha value is -2.15. The molecule has 4 N–H and O–H groups in total. The Balaban J connectivity index is 2.22. The minimum atomic E-state index is -0.472. The number of nitro benzene ring substituents is 1. The van der Waals surface area contributed by atoms with Gasteiger partial charge in [-0.05, 0) is 31.4 Å². The van der Waals surface area contributed by atoms with Gasteiger partial charge in [0.05, 0.1) is 4.92 Å². The Morgan fingerprint density at radius 1 is 1.50 bits per heavy atom. The molecular formula is C13H18N4O3. The number of nitrogens with zero attached hydrogens (tertiary/aromatic N) is 1. The number of hydrogen-bond donors (Lipinski definition) is 3. The summed E-state index contributed by atoms with van der Waals surface area (Å²) in [6, 6.07) is 4.25. The van der Waals surface area contributed by atoms with E-state index >= 15 is 0 Å². The first-order valence-electron chi connectivity index (χ1n) is 6.48. The van der Waals surface area contributed by atoms with E-state index in [1.807, 2.05) is 0 Å². The molecule has 1 aromatic carbocycles. The van der Waals surface area contributed by atoms with Crippen LogP contribution in [-0.4, -0.2) is 30.0 Å². The second kappa shape index (κ2) is 5.46. The molecule has 1 aliphatic carbocycles.